The third-order valence-electron chi connectivity index (χ3n) is 7.30. The molecule has 3 aliphatic rings. The molecule has 184 valence electrons. The number of carboxylic acid groups (broad SMARTS) is 1. The summed E-state index contributed by atoms with van der Waals surface area (Å²) in [6.45, 7) is 7.18. The van der Waals surface area contributed by atoms with Crippen LogP contribution in [0, 0.1) is 11.3 Å². The van der Waals surface area contributed by atoms with E-state index in [0.717, 1.165) is 25.7 Å². The molecule has 2 saturated heterocycles. The van der Waals surface area contributed by atoms with Crippen LogP contribution in [0.15, 0.2) is 12.4 Å². The van der Waals surface area contributed by atoms with Gasteiger partial charge in [0.1, 0.15) is 5.82 Å². The smallest absolute Gasteiger partial charge is 0.407 e. The maximum absolute atomic E-state index is 12.2. The van der Waals surface area contributed by atoms with Crippen molar-refractivity contribution in [1.29, 1.82) is 0 Å². The van der Waals surface area contributed by atoms with Crippen molar-refractivity contribution in [3.05, 3.63) is 12.4 Å². The predicted octanol–water partition coefficient (Wildman–Crippen LogP) is 2.28. The van der Waals surface area contributed by atoms with Crippen molar-refractivity contribution in [2.45, 2.75) is 52.0 Å². The van der Waals surface area contributed by atoms with Crippen molar-refractivity contribution in [3.63, 3.8) is 0 Å². The van der Waals surface area contributed by atoms with Crippen LogP contribution in [-0.2, 0) is 10.0 Å². The van der Waals surface area contributed by atoms with Crippen LogP contribution in [0.3, 0.4) is 0 Å². The molecule has 1 aromatic rings. The summed E-state index contributed by atoms with van der Waals surface area (Å²) in [7, 11) is -3.17. The summed E-state index contributed by atoms with van der Waals surface area (Å²) in [6, 6.07) is 0.0608. The minimum Gasteiger partial charge on any atom is -0.476 e. The number of sulfonamides is 1. The summed E-state index contributed by atoms with van der Waals surface area (Å²) in [5, 5.41) is 9.55. The number of piperidine rings is 1. The molecule has 2 aliphatic heterocycles. The average Bonchev–Trinajstić information content (AvgIpc) is 3.56. The third-order valence-corrected chi connectivity index (χ3v) is 9.38. The summed E-state index contributed by atoms with van der Waals surface area (Å²) in [6.07, 6.45) is 6.86. The van der Waals surface area contributed by atoms with Crippen LogP contribution >= 0.6 is 0 Å². The molecule has 0 spiro atoms. The normalized spacial score (nSPS) is 25.6. The van der Waals surface area contributed by atoms with E-state index in [-0.39, 0.29) is 17.2 Å². The SMILES string of the molecule is CCCS(=O)(=O)N1CCN(c2cnc(OCC3CCN(C(=O)O)C(C4(C)CC4)C3)cn2)CC1. The number of piperazine rings is 1. The topological polar surface area (TPSA) is 116 Å². The lowest BCUT2D eigenvalue weighted by Gasteiger charge is -2.41. The zero-order chi connectivity index (χ0) is 23.6. The quantitative estimate of drug-likeness (QED) is 0.601. The highest BCUT2D eigenvalue weighted by molar-refractivity contribution is 7.89. The van der Waals surface area contributed by atoms with Gasteiger partial charge in [0.2, 0.25) is 15.9 Å². The molecule has 1 aliphatic carbocycles. The lowest BCUT2D eigenvalue weighted by molar-refractivity contribution is 0.0483. The Balaban J connectivity index is 1.27. The molecular formula is C22H35N5O5S. The number of aromatic nitrogens is 2. The Morgan fingerprint density at radius 3 is 2.48 bits per heavy atom. The number of ether oxygens (including phenoxy) is 1. The molecule has 0 radical (unpaired) electrons. The van der Waals surface area contributed by atoms with Gasteiger partial charge >= 0.3 is 6.09 Å². The first kappa shape index (κ1) is 24.0. The van der Waals surface area contributed by atoms with Crippen molar-refractivity contribution in [2.24, 2.45) is 11.3 Å². The molecule has 0 aromatic carbocycles. The molecule has 1 aromatic heterocycles. The van der Waals surface area contributed by atoms with Crippen LogP contribution in [0.2, 0.25) is 0 Å². The maximum Gasteiger partial charge on any atom is 0.407 e. The molecule has 0 bridgehead atoms. The van der Waals surface area contributed by atoms with Crippen LogP contribution < -0.4 is 9.64 Å². The summed E-state index contributed by atoms with van der Waals surface area (Å²) in [5.41, 5.74) is 0.110. The summed E-state index contributed by atoms with van der Waals surface area (Å²) in [5.74, 6) is 1.65. The monoisotopic (exact) mass is 481 g/mol. The summed E-state index contributed by atoms with van der Waals surface area (Å²) in [4.78, 5) is 24.1. The largest absolute Gasteiger partial charge is 0.476 e. The third kappa shape index (κ3) is 5.51. The fourth-order valence-corrected chi connectivity index (χ4v) is 6.44. The van der Waals surface area contributed by atoms with Gasteiger partial charge in [-0.05, 0) is 43.4 Å². The highest BCUT2D eigenvalue weighted by Gasteiger charge is 2.50. The van der Waals surface area contributed by atoms with Gasteiger partial charge in [0, 0.05) is 38.8 Å². The molecule has 3 fully saturated rings. The highest BCUT2D eigenvalue weighted by atomic mass is 32.2. The van der Waals surface area contributed by atoms with Crippen molar-refractivity contribution < 1.29 is 23.1 Å². The van der Waals surface area contributed by atoms with E-state index in [2.05, 4.69) is 16.9 Å². The number of anilines is 1. The highest BCUT2D eigenvalue weighted by Crippen LogP contribution is 2.53. The first-order chi connectivity index (χ1) is 15.7. The second-order valence-electron chi connectivity index (χ2n) is 9.76. The van der Waals surface area contributed by atoms with Crippen LogP contribution in [-0.4, -0.2) is 89.9 Å². The maximum atomic E-state index is 12.2. The Labute approximate surface area is 196 Å². The minimum atomic E-state index is -3.17. The first-order valence-corrected chi connectivity index (χ1v) is 13.5. The van der Waals surface area contributed by atoms with Gasteiger partial charge in [-0.25, -0.2) is 23.2 Å². The van der Waals surface area contributed by atoms with E-state index in [1.165, 1.54) is 0 Å². The van der Waals surface area contributed by atoms with E-state index in [1.54, 1.807) is 21.6 Å². The predicted molar refractivity (Wildman–Crippen MR) is 124 cm³/mol. The molecule has 3 heterocycles. The van der Waals surface area contributed by atoms with Gasteiger partial charge in [-0.3, -0.25) is 0 Å². The van der Waals surface area contributed by atoms with E-state index >= 15 is 0 Å². The number of carbonyl (C=O) groups is 1. The number of rotatable bonds is 8. The van der Waals surface area contributed by atoms with E-state index in [9.17, 15) is 18.3 Å². The molecular weight excluding hydrogens is 446 g/mol. The van der Waals surface area contributed by atoms with Gasteiger partial charge in [0.25, 0.3) is 0 Å². The Morgan fingerprint density at radius 1 is 1.18 bits per heavy atom. The van der Waals surface area contributed by atoms with Gasteiger partial charge in [-0.15, -0.1) is 0 Å². The Hall–Kier alpha value is -2.14. The van der Waals surface area contributed by atoms with E-state index in [0.29, 0.717) is 63.4 Å². The van der Waals surface area contributed by atoms with Crippen LogP contribution in [0.1, 0.15) is 46.0 Å². The standard InChI is InChI=1S/C22H35N5O5S/c1-3-12-33(30,31)26-10-8-25(9-11-26)19-14-24-20(15-23-19)32-16-17-4-7-27(21(28)29)18(13-17)22(2)5-6-22/h14-15,17-18H,3-13,16H2,1-2H3,(H,28,29). The molecule has 33 heavy (non-hydrogen) atoms. The fourth-order valence-electron chi connectivity index (χ4n) is 4.94. The van der Waals surface area contributed by atoms with Crippen molar-refractivity contribution >= 4 is 21.9 Å². The van der Waals surface area contributed by atoms with E-state index in [4.69, 9.17) is 4.74 Å². The molecule has 1 saturated carbocycles. The van der Waals surface area contributed by atoms with E-state index < -0.39 is 16.1 Å². The Bertz CT molecular complexity index is 929. The molecule has 1 N–H and O–H groups in total. The number of nitrogens with zero attached hydrogens (tertiary/aromatic N) is 5. The Kier molecular flexibility index (Phi) is 6.99. The Morgan fingerprint density at radius 2 is 1.91 bits per heavy atom. The molecule has 1 amide bonds. The number of hydrogen-bond donors (Lipinski definition) is 1. The van der Waals surface area contributed by atoms with Crippen LogP contribution in [0.25, 0.3) is 0 Å². The number of hydrogen-bond acceptors (Lipinski definition) is 7. The second kappa shape index (κ2) is 9.61. The van der Waals surface area contributed by atoms with Gasteiger partial charge in [-0.2, -0.15) is 4.31 Å². The number of likely N-dealkylation sites (tertiary alicyclic amines) is 1. The fraction of sp³-hybridized carbons (Fsp3) is 0.773. The molecule has 4 rings (SSSR count). The zero-order valence-electron chi connectivity index (χ0n) is 19.5. The van der Waals surface area contributed by atoms with Crippen molar-refractivity contribution in [3.8, 4) is 5.88 Å². The van der Waals surface area contributed by atoms with Gasteiger partial charge in [-0.1, -0.05) is 13.8 Å². The zero-order valence-corrected chi connectivity index (χ0v) is 20.3. The minimum absolute atomic E-state index is 0.0608. The van der Waals surface area contributed by atoms with Crippen molar-refractivity contribution in [2.75, 3.05) is 50.0 Å². The molecule has 2 atom stereocenters. The van der Waals surface area contributed by atoms with Crippen LogP contribution in [0.4, 0.5) is 10.6 Å². The van der Waals surface area contributed by atoms with Crippen molar-refractivity contribution in [1.82, 2.24) is 19.2 Å². The molecule has 2 unspecified atom stereocenters. The molecule has 11 heteroatoms. The summed E-state index contributed by atoms with van der Waals surface area (Å²) < 4.78 is 31.9. The lowest BCUT2D eigenvalue weighted by Crippen LogP contribution is -2.50. The van der Waals surface area contributed by atoms with Crippen LogP contribution in [0.5, 0.6) is 5.88 Å². The van der Waals surface area contributed by atoms with E-state index in [1.807, 2.05) is 11.8 Å². The average molecular weight is 482 g/mol. The lowest BCUT2D eigenvalue weighted by atomic mass is 9.83. The second-order valence-corrected chi connectivity index (χ2v) is 11.9. The molecule has 10 nitrogen and oxygen atoms in total. The number of amides is 1. The van der Waals surface area contributed by atoms with Gasteiger partial charge in [0.15, 0.2) is 0 Å². The first-order valence-electron chi connectivity index (χ1n) is 11.9. The summed E-state index contributed by atoms with van der Waals surface area (Å²) >= 11 is 0. The van der Waals surface area contributed by atoms with Gasteiger partial charge in [0.05, 0.1) is 24.8 Å². The van der Waals surface area contributed by atoms with Gasteiger partial charge < -0.3 is 19.6 Å².